The number of ketones is 1. The summed E-state index contributed by atoms with van der Waals surface area (Å²) >= 11 is 0. The fourth-order valence-electron chi connectivity index (χ4n) is 3.34. The molecular formula is C20H16N6O5. The van der Waals surface area contributed by atoms with Crippen LogP contribution in [0.3, 0.4) is 0 Å². The van der Waals surface area contributed by atoms with Gasteiger partial charge in [-0.05, 0) is 35.0 Å². The lowest BCUT2D eigenvalue weighted by Gasteiger charge is -2.28. The van der Waals surface area contributed by atoms with Crippen molar-refractivity contribution in [2.45, 2.75) is 13.0 Å². The highest BCUT2D eigenvalue weighted by molar-refractivity contribution is 6.14. The molecule has 0 fully saturated rings. The van der Waals surface area contributed by atoms with Gasteiger partial charge < -0.3 is 10.1 Å². The number of carbonyl (C=O) groups excluding carboxylic acids is 2. The van der Waals surface area contributed by atoms with Gasteiger partial charge in [-0.25, -0.2) is 4.79 Å². The number of nitro benzene ring substituents is 1. The summed E-state index contributed by atoms with van der Waals surface area (Å²) in [5.74, 6) is -1.07. The number of fused-ring (bicyclic) bond motifs is 1. The molecule has 31 heavy (non-hydrogen) atoms. The van der Waals surface area contributed by atoms with Gasteiger partial charge in [0.15, 0.2) is 5.78 Å². The van der Waals surface area contributed by atoms with Crippen molar-refractivity contribution >= 4 is 23.4 Å². The molecule has 0 spiro atoms. The van der Waals surface area contributed by atoms with Crippen LogP contribution in [0.15, 0.2) is 59.8 Å². The van der Waals surface area contributed by atoms with Gasteiger partial charge in [0.25, 0.3) is 5.69 Å². The highest BCUT2D eigenvalue weighted by Gasteiger charge is 2.38. The van der Waals surface area contributed by atoms with E-state index in [9.17, 15) is 19.7 Å². The number of hydrogen-bond acceptors (Lipinski definition) is 9. The number of Topliss-reactive ketones (excluding diaryl/α,β-unsaturated/α-hetero) is 1. The SMILES string of the molecule is COC(=O)C1=C(C(=O)c2ccc(C)cc2)[C@H](c2ccc([N+](=O)[O-])cc2)n2nnnc2N1. The molecule has 0 saturated heterocycles. The van der Waals surface area contributed by atoms with Crippen LogP contribution in [0.2, 0.25) is 0 Å². The van der Waals surface area contributed by atoms with Crippen LogP contribution in [-0.2, 0) is 9.53 Å². The molecule has 0 unspecified atom stereocenters. The number of aryl methyl sites for hydroxylation is 1. The molecule has 1 aliphatic rings. The molecule has 0 saturated carbocycles. The van der Waals surface area contributed by atoms with Crippen molar-refractivity contribution in [3.8, 4) is 0 Å². The Bertz CT molecular complexity index is 1210. The van der Waals surface area contributed by atoms with Crippen molar-refractivity contribution in [3.63, 3.8) is 0 Å². The number of nitro groups is 1. The Morgan fingerprint density at radius 3 is 2.42 bits per heavy atom. The molecule has 0 aliphatic carbocycles. The minimum atomic E-state index is -0.907. The largest absolute Gasteiger partial charge is 0.464 e. The topological polar surface area (TPSA) is 142 Å². The van der Waals surface area contributed by atoms with Crippen molar-refractivity contribution in [3.05, 3.63) is 86.6 Å². The smallest absolute Gasteiger partial charge is 0.355 e. The first-order valence-corrected chi connectivity index (χ1v) is 9.13. The number of ether oxygens (including phenoxy) is 1. The summed E-state index contributed by atoms with van der Waals surface area (Å²) in [6.45, 7) is 1.89. The maximum Gasteiger partial charge on any atom is 0.355 e. The Hall–Kier alpha value is -4.41. The molecule has 1 atom stereocenters. The summed E-state index contributed by atoms with van der Waals surface area (Å²) in [6, 6.07) is 11.6. The highest BCUT2D eigenvalue weighted by Crippen LogP contribution is 2.37. The first-order valence-electron chi connectivity index (χ1n) is 9.13. The lowest BCUT2D eigenvalue weighted by Crippen LogP contribution is -2.32. The van der Waals surface area contributed by atoms with Crippen LogP contribution in [0.5, 0.6) is 0 Å². The zero-order valence-electron chi connectivity index (χ0n) is 16.5. The molecule has 1 N–H and O–H groups in total. The normalized spacial score (nSPS) is 15.1. The number of anilines is 1. The van der Waals surface area contributed by atoms with E-state index in [0.717, 1.165) is 5.56 Å². The summed E-state index contributed by atoms with van der Waals surface area (Å²) in [5, 5.41) is 25.2. The molecule has 2 heterocycles. The fourth-order valence-corrected chi connectivity index (χ4v) is 3.34. The van der Waals surface area contributed by atoms with Crippen LogP contribution in [-0.4, -0.2) is 44.0 Å². The van der Waals surface area contributed by atoms with Crippen molar-refractivity contribution in [1.82, 2.24) is 20.2 Å². The third-order valence-corrected chi connectivity index (χ3v) is 4.88. The van der Waals surface area contributed by atoms with Gasteiger partial charge in [0.1, 0.15) is 11.7 Å². The molecular weight excluding hydrogens is 404 g/mol. The van der Waals surface area contributed by atoms with Crippen molar-refractivity contribution < 1.29 is 19.2 Å². The second kappa shape index (κ2) is 7.78. The number of aromatic nitrogens is 4. The molecule has 0 bridgehead atoms. The Morgan fingerprint density at radius 2 is 1.81 bits per heavy atom. The maximum atomic E-state index is 13.5. The Balaban J connectivity index is 1.92. The van der Waals surface area contributed by atoms with Gasteiger partial charge >= 0.3 is 5.97 Å². The van der Waals surface area contributed by atoms with Gasteiger partial charge in [-0.15, -0.1) is 0 Å². The zero-order chi connectivity index (χ0) is 22.1. The molecule has 4 rings (SSSR count). The van der Waals surface area contributed by atoms with Gasteiger partial charge in [-0.1, -0.05) is 34.9 Å². The summed E-state index contributed by atoms with van der Waals surface area (Å²) in [4.78, 5) is 36.6. The minimum Gasteiger partial charge on any atom is -0.464 e. The van der Waals surface area contributed by atoms with Gasteiger partial charge in [0.2, 0.25) is 5.95 Å². The number of methoxy groups -OCH3 is 1. The van der Waals surface area contributed by atoms with E-state index >= 15 is 0 Å². The van der Waals surface area contributed by atoms with Gasteiger partial charge in [-0.3, -0.25) is 14.9 Å². The molecule has 0 radical (unpaired) electrons. The first-order chi connectivity index (χ1) is 14.9. The Labute approximate surface area is 175 Å². The molecule has 0 amide bonds. The van der Waals surface area contributed by atoms with Crippen molar-refractivity contribution in [1.29, 1.82) is 0 Å². The maximum absolute atomic E-state index is 13.5. The van der Waals surface area contributed by atoms with E-state index < -0.39 is 22.7 Å². The molecule has 1 aromatic heterocycles. The molecule has 11 nitrogen and oxygen atoms in total. The fraction of sp³-hybridized carbons (Fsp3) is 0.150. The number of allylic oxidation sites excluding steroid dienone is 1. The average molecular weight is 420 g/mol. The summed E-state index contributed by atoms with van der Waals surface area (Å²) in [7, 11) is 1.20. The van der Waals surface area contributed by atoms with Crippen LogP contribution < -0.4 is 5.32 Å². The number of non-ortho nitro benzene ring substituents is 1. The van der Waals surface area contributed by atoms with E-state index in [2.05, 4.69) is 20.8 Å². The van der Waals surface area contributed by atoms with Crippen LogP contribution in [0, 0.1) is 17.0 Å². The average Bonchev–Trinajstić information content (AvgIpc) is 3.25. The number of benzene rings is 2. The third kappa shape index (κ3) is 3.52. The number of nitrogens with zero attached hydrogens (tertiary/aromatic N) is 5. The third-order valence-electron chi connectivity index (χ3n) is 4.88. The number of rotatable bonds is 5. The molecule has 2 aromatic carbocycles. The standard InChI is InChI=1S/C20H16N6O5/c1-11-3-5-13(6-4-11)18(27)15-16(19(28)31-2)21-20-22-23-24-25(20)17(15)12-7-9-14(10-8-12)26(29)30/h3-10,17H,1-2H3,(H,21,22,24)/t17-/m0/s1. The van der Waals surface area contributed by atoms with Gasteiger partial charge in [0.05, 0.1) is 17.6 Å². The van der Waals surface area contributed by atoms with Crippen LogP contribution in [0.4, 0.5) is 11.6 Å². The summed E-state index contributed by atoms with van der Waals surface area (Å²) < 4.78 is 6.22. The van der Waals surface area contributed by atoms with Crippen molar-refractivity contribution in [2.75, 3.05) is 12.4 Å². The number of esters is 1. The summed E-state index contributed by atoms with van der Waals surface area (Å²) in [6.07, 6.45) is 0. The van der Waals surface area contributed by atoms with Crippen LogP contribution in [0.1, 0.15) is 27.5 Å². The zero-order valence-corrected chi connectivity index (χ0v) is 16.5. The molecule has 156 valence electrons. The molecule has 11 heteroatoms. The van der Waals surface area contributed by atoms with Gasteiger partial charge in [-0.2, -0.15) is 4.68 Å². The van der Waals surface area contributed by atoms with E-state index in [0.29, 0.717) is 11.1 Å². The lowest BCUT2D eigenvalue weighted by atomic mass is 9.89. The van der Waals surface area contributed by atoms with E-state index in [1.807, 2.05) is 6.92 Å². The van der Waals surface area contributed by atoms with E-state index in [1.54, 1.807) is 24.3 Å². The summed E-state index contributed by atoms with van der Waals surface area (Å²) in [5.41, 5.74) is 1.65. The van der Waals surface area contributed by atoms with E-state index in [-0.39, 0.29) is 22.9 Å². The monoisotopic (exact) mass is 420 g/mol. The quantitative estimate of drug-likeness (QED) is 0.284. The lowest BCUT2D eigenvalue weighted by molar-refractivity contribution is -0.384. The number of hydrogen-bond donors (Lipinski definition) is 1. The molecule has 3 aromatic rings. The first kappa shape index (κ1) is 19.9. The second-order valence-corrected chi connectivity index (χ2v) is 6.80. The van der Waals surface area contributed by atoms with Crippen LogP contribution in [0.25, 0.3) is 0 Å². The van der Waals surface area contributed by atoms with Gasteiger partial charge in [0, 0.05) is 17.7 Å². The predicted octanol–water partition coefficient (Wildman–Crippen LogP) is 2.21. The Kier molecular flexibility index (Phi) is 4.99. The second-order valence-electron chi connectivity index (χ2n) is 6.80. The number of tetrazole rings is 1. The minimum absolute atomic E-state index is 0.0596. The van der Waals surface area contributed by atoms with E-state index in [4.69, 9.17) is 4.74 Å². The number of carbonyl (C=O) groups is 2. The number of nitrogens with one attached hydrogen (secondary N) is 1. The predicted molar refractivity (Wildman–Crippen MR) is 107 cm³/mol. The highest BCUT2D eigenvalue weighted by atomic mass is 16.6. The van der Waals surface area contributed by atoms with Crippen LogP contribution >= 0.6 is 0 Å². The van der Waals surface area contributed by atoms with E-state index in [1.165, 1.54) is 36.1 Å². The Morgan fingerprint density at radius 1 is 1.13 bits per heavy atom. The molecule has 1 aliphatic heterocycles. The van der Waals surface area contributed by atoms with Crippen molar-refractivity contribution in [2.24, 2.45) is 0 Å².